The predicted octanol–water partition coefficient (Wildman–Crippen LogP) is 3.72. The van der Waals surface area contributed by atoms with Crippen molar-refractivity contribution in [1.29, 1.82) is 0 Å². The summed E-state index contributed by atoms with van der Waals surface area (Å²) in [5.74, 6) is -0.129. The number of hydrogen-bond acceptors (Lipinski definition) is 2. The molecule has 4 nitrogen and oxygen atoms in total. The lowest BCUT2D eigenvalue weighted by Gasteiger charge is -2.18. The Bertz CT molecular complexity index is 824. The third-order valence-corrected chi connectivity index (χ3v) is 4.18. The Kier molecular flexibility index (Phi) is 4.96. The number of aryl methyl sites for hydroxylation is 1. The van der Waals surface area contributed by atoms with Crippen molar-refractivity contribution in [2.45, 2.75) is 25.8 Å². The van der Waals surface area contributed by atoms with E-state index in [0.29, 0.717) is 18.5 Å². The molecule has 3 aromatic rings. The van der Waals surface area contributed by atoms with Gasteiger partial charge < -0.3 is 15.4 Å². The number of amides is 1. The molecule has 0 aliphatic heterocycles. The van der Waals surface area contributed by atoms with Crippen LogP contribution in [0.2, 0.25) is 0 Å². The highest BCUT2D eigenvalue weighted by atomic mass is 16.3. The Morgan fingerprint density at radius 1 is 1.17 bits per heavy atom. The van der Waals surface area contributed by atoms with Crippen LogP contribution in [0.15, 0.2) is 54.6 Å². The second-order valence-electron chi connectivity index (χ2n) is 6.08. The zero-order valence-corrected chi connectivity index (χ0v) is 13.8. The molecule has 0 fully saturated rings. The molecule has 0 bridgehead atoms. The van der Waals surface area contributed by atoms with E-state index in [0.717, 1.165) is 22.0 Å². The van der Waals surface area contributed by atoms with Crippen LogP contribution >= 0.6 is 0 Å². The monoisotopic (exact) mass is 322 g/mol. The van der Waals surface area contributed by atoms with Crippen LogP contribution in [0, 0.1) is 6.92 Å². The number of H-pyrrole nitrogens is 1. The first-order chi connectivity index (χ1) is 11.7. The third kappa shape index (κ3) is 3.66. The number of rotatable bonds is 6. The molecule has 0 saturated heterocycles. The first-order valence-electron chi connectivity index (χ1n) is 8.23. The summed E-state index contributed by atoms with van der Waals surface area (Å²) in [6, 6.07) is 17.7. The maximum absolute atomic E-state index is 12.6. The Morgan fingerprint density at radius 2 is 1.96 bits per heavy atom. The number of aliphatic hydroxyl groups is 1. The highest BCUT2D eigenvalue weighted by Crippen LogP contribution is 2.21. The van der Waals surface area contributed by atoms with Crippen LogP contribution in [-0.4, -0.2) is 22.6 Å². The number of fused-ring (bicyclic) bond motifs is 1. The number of nitrogens with one attached hydrogen (secondary N) is 2. The van der Waals surface area contributed by atoms with Crippen LogP contribution in [0.4, 0.5) is 0 Å². The zero-order valence-electron chi connectivity index (χ0n) is 13.8. The molecule has 2 aromatic carbocycles. The number of benzene rings is 2. The number of carbonyl (C=O) groups is 1. The molecule has 1 aromatic heterocycles. The predicted molar refractivity (Wildman–Crippen MR) is 96.0 cm³/mol. The van der Waals surface area contributed by atoms with Gasteiger partial charge in [-0.2, -0.15) is 0 Å². The lowest BCUT2D eigenvalue weighted by atomic mass is 10.0. The number of aliphatic hydroxyl groups excluding tert-OH is 1. The minimum atomic E-state index is -0.129. The van der Waals surface area contributed by atoms with Crippen molar-refractivity contribution >= 4 is 16.8 Å². The van der Waals surface area contributed by atoms with E-state index < -0.39 is 0 Å². The fourth-order valence-electron chi connectivity index (χ4n) is 2.90. The minimum absolute atomic E-state index is 0.112. The fraction of sp³-hybridized carbons (Fsp3) is 0.250. The summed E-state index contributed by atoms with van der Waals surface area (Å²) >= 11 is 0. The van der Waals surface area contributed by atoms with Crippen molar-refractivity contribution in [2.75, 3.05) is 6.61 Å². The van der Waals surface area contributed by atoms with Crippen LogP contribution in [0.5, 0.6) is 0 Å². The van der Waals surface area contributed by atoms with Crippen LogP contribution in [0.1, 0.15) is 40.5 Å². The van der Waals surface area contributed by atoms with Crippen molar-refractivity contribution in [1.82, 2.24) is 10.3 Å². The third-order valence-electron chi connectivity index (χ3n) is 4.18. The average molecular weight is 322 g/mol. The molecule has 0 spiro atoms. The van der Waals surface area contributed by atoms with Crippen molar-refractivity contribution in [2.24, 2.45) is 0 Å². The molecular formula is C20H22N2O2. The Morgan fingerprint density at radius 3 is 2.71 bits per heavy atom. The molecule has 0 saturated carbocycles. The molecule has 1 unspecified atom stereocenters. The lowest BCUT2D eigenvalue weighted by molar-refractivity contribution is 0.0928. The second-order valence-corrected chi connectivity index (χ2v) is 6.08. The first kappa shape index (κ1) is 16.3. The van der Waals surface area contributed by atoms with Gasteiger partial charge in [-0.3, -0.25) is 4.79 Å². The van der Waals surface area contributed by atoms with Crippen LogP contribution in [0.3, 0.4) is 0 Å². The number of aromatic amines is 1. The highest BCUT2D eigenvalue weighted by molar-refractivity contribution is 5.98. The number of carbonyl (C=O) groups excluding carboxylic acids is 1. The molecule has 0 aliphatic rings. The summed E-state index contributed by atoms with van der Waals surface area (Å²) in [7, 11) is 0. The highest BCUT2D eigenvalue weighted by Gasteiger charge is 2.17. The molecule has 1 atom stereocenters. The molecule has 0 radical (unpaired) electrons. The summed E-state index contributed by atoms with van der Waals surface area (Å²) < 4.78 is 0. The van der Waals surface area contributed by atoms with Gasteiger partial charge in [-0.15, -0.1) is 0 Å². The van der Waals surface area contributed by atoms with Crippen molar-refractivity contribution < 1.29 is 9.90 Å². The standard InChI is InChI=1S/C20H22N2O2/c1-14-9-10-16-13-19(21-18(16)12-14)20(24)22-17(8-5-11-23)15-6-3-2-4-7-15/h2-4,6-7,9-10,12-13,17,21,23H,5,8,11H2,1H3,(H,22,24). The lowest BCUT2D eigenvalue weighted by Crippen LogP contribution is -2.29. The smallest absolute Gasteiger partial charge is 0.268 e. The van der Waals surface area contributed by atoms with Crippen molar-refractivity contribution in [3.63, 3.8) is 0 Å². The molecule has 24 heavy (non-hydrogen) atoms. The van der Waals surface area contributed by atoms with Gasteiger partial charge in [0.2, 0.25) is 0 Å². The SMILES string of the molecule is Cc1ccc2cc(C(=O)NC(CCCO)c3ccccc3)[nH]c2c1. The Hall–Kier alpha value is -2.59. The van der Waals surface area contributed by atoms with Gasteiger partial charge in [0, 0.05) is 17.5 Å². The molecule has 1 amide bonds. The molecule has 4 heteroatoms. The van der Waals surface area contributed by atoms with Crippen LogP contribution in [-0.2, 0) is 0 Å². The van der Waals surface area contributed by atoms with Crippen molar-refractivity contribution in [3.8, 4) is 0 Å². The summed E-state index contributed by atoms with van der Waals surface area (Å²) in [4.78, 5) is 15.8. The zero-order chi connectivity index (χ0) is 16.9. The van der Waals surface area contributed by atoms with E-state index in [1.807, 2.05) is 61.5 Å². The number of hydrogen-bond donors (Lipinski definition) is 3. The minimum Gasteiger partial charge on any atom is -0.396 e. The largest absolute Gasteiger partial charge is 0.396 e. The molecule has 0 aliphatic carbocycles. The quantitative estimate of drug-likeness (QED) is 0.647. The second kappa shape index (κ2) is 7.32. The van der Waals surface area contributed by atoms with Gasteiger partial charge in [-0.25, -0.2) is 0 Å². The molecule has 1 heterocycles. The van der Waals surface area contributed by atoms with Crippen LogP contribution < -0.4 is 5.32 Å². The Labute approximate surface area is 141 Å². The molecule has 3 rings (SSSR count). The molecule has 124 valence electrons. The maximum Gasteiger partial charge on any atom is 0.268 e. The van der Waals surface area contributed by atoms with E-state index in [4.69, 9.17) is 5.11 Å². The van der Waals surface area contributed by atoms with Gasteiger partial charge in [-0.05, 0) is 43.0 Å². The Balaban J connectivity index is 1.81. The summed E-state index contributed by atoms with van der Waals surface area (Å²) in [5, 5.41) is 13.2. The van der Waals surface area contributed by atoms with Gasteiger partial charge in [0.25, 0.3) is 5.91 Å². The summed E-state index contributed by atoms with van der Waals surface area (Å²) in [6.45, 7) is 2.14. The van der Waals surface area contributed by atoms with Gasteiger partial charge in [0.15, 0.2) is 0 Å². The molecular weight excluding hydrogens is 300 g/mol. The summed E-state index contributed by atoms with van der Waals surface area (Å²) in [5.41, 5.74) is 3.72. The maximum atomic E-state index is 12.6. The molecule has 3 N–H and O–H groups in total. The van der Waals surface area contributed by atoms with Crippen LogP contribution in [0.25, 0.3) is 10.9 Å². The van der Waals surface area contributed by atoms with E-state index in [9.17, 15) is 4.79 Å². The van der Waals surface area contributed by atoms with E-state index in [1.54, 1.807) is 0 Å². The van der Waals surface area contributed by atoms with Crippen molar-refractivity contribution in [3.05, 3.63) is 71.4 Å². The fourth-order valence-corrected chi connectivity index (χ4v) is 2.90. The van der Waals surface area contributed by atoms with E-state index >= 15 is 0 Å². The van der Waals surface area contributed by atoms with E-state index in [1.165, 1.54) is 0 Å². The van der Waals surface area contributed by atoms with Gasteiger partial charge in [-0.1, -0.05) is 42.5 Å². The van der Waals surface area contributed by atoms with Gasteiger partial charge in [0.1, 0.15) is 5.69 Å². The summed E-state index contributed by atoms with van der Waals surface area (Å²) in [6.07, 6.45) is 1.34. The van der Waals surface area contributed by atoms with E-state index in [2.05, 4.69) is 10.3 Å². The topological polar surface area (TPSA) is 65.1 Å². The normalized spacial score (nSPS) is 12.2. The average Bonchev–Trinajstić information content (AvgIpc) is 3.02. The van der Waals surface area contributed by atoms with E-state index in [-0.39, 0.29) is 18.6 Å². The van der Waals surface area contributed by atoms with Gasteiger partial charge >= 0.3 is 0 Å². The van der Waals surface area contributed by atoms with Gasteiger partial charge in [0.05, 0.1) is 6.04 Å². The first-order valence-corrected chi connectivity index (χ1v) is 8.23. The number of aromatic nitrogens is 1.